The molecule has 0 amide bonds. The maximum Gasteiger partial charge on any atom is 0.242 e. The molecule has 102 valence electrons. The third-order valence-corrected chi connectivity index (χ3v) is 5.21. The molecule has 0 aromatic heterocycles. The lowest BCUT2D eigenvalue weighted by Crippen LogP contribution is -2.23. The van der Waals surface area contributed by atoms with Gasteiger partial charge in [-0.1, -0.05) is 12.1 Å². The highest BCUT2D eigenvalue weighted by molar-refractivity contribution is 7.93. The van der Waals surface area contributed by atoms with Crippen molar-refractivity contribution >= 4 is 37.3 Å². The van der Waals surface area contributed by atoms with Crippen molar-refractivity contribution in [3.05, 3.63) is 24.3 Å². The quantitative estimate of drug-likeness (QED) is 0.751. The molecule has 18 heavy (non-hydrogen) atoms. The Morgan fingerprint density at radius 2 is 1.78 bits per heavy atom. The molecule has 1 aromatic carbocycles. The number of sulfonamides is 2. The van der Waals surface area contributed by atoms with Gasteiger partial charge in [0, 0.05) is 5.88 Å². The van der Waals surface area contributed by atoms with Crippen LogP contribution in [0.5, 0.6) is 0 Å². The maximum absolute atomic E-state index is 11.7. The average molecular weight is 313 g/mol. The first-order chi connectivity index (χ1) is 8.32. The molecule has 0 atom stereocenters. The second kappa shape index (κ2) is 5.87. The molecular weight excluding hydrogens is 300 g/mol. The third kappa shape index (κ3) is 3.84. The van der Waals surface area contributed by atoms with Crippen LogP contribution >= 0.6 is 11.6 Å². The van der Waals surface area contributed by atoms with Crippen molar-refractivity contribution in [3.63, 3.8) is 0 Å². The Labute approximate surface area is 111 Å². The van der Waals surface area contributed by atoms with Gasteiger partial charge in [-0.15, -0.1) is 11.6 Å². The highest BCUT2D eigenvalue weighted by Crippen LogP contribution is 2.21. The first kappa shape index (κ1) is 15.2. The summed E-state index contributed by atoms with van der Waals surface area (Å²) in [5.41, 5.74) is -0.00281. The van der Waals surface area contributed by atoms with Crippen LogP contribution in [0.4, 0.5) is 5.69 Å². The molecule has 0 saturated heterocycles. The van der Waals surface area contributed by atoms with E-state index in [1.165, 1.54) is 31.3 Å². The Morgan fingerprint density at radius 3 is 2.33 bits per heavy atom. The molecule has 0 saturated carbocycles. The van der Waals surface area contributed by atoms with E-state index in [-0.39, 0.29) is 22.2 Å². The maximum atomic E-state index is 11.7. The van der Waals surface area contributed by atoms with Crippen LogP contribution in [-0.4, -0.2) is 35.5 Å². The Hall–Kier alpha value is -0.830. The van der Waals surface area contributed by atoms with Gasteiger partial charge >= 0.3 is 0 Å². The lowest BCUT2D eigenvalue weighted by Gasteiger charge is -2.11. The van der Waals surface area contributed by atoms with Crippen LogP contribution in [0.3, 0.4) is 0 Å². The number of benzene rings is 1. The molecule has 0 aliphatic heterocycles. The summed E-state index contributed by atoms with van der Waals surface area (Å²) in [7, 11) is -6.13. The van der Waals surface area contributed by atoms with Crippen LogP contribution < -0.4 is 9.44 Å². The zero-order valence-corrected chi connectivity index (χ0v) is 11.9. The fourth-order valence-corrected chi connectivity index (χ4v) is 3.59. The van der Waals surface area contributed by atoms with E-state index in [1.54, 1.807) is 0 Å². The van der Waals surface area contributed by atoms with E-state index in [9.17, 15) is 16.8 Å². The van der Waals surface area contributed by atoms with Gasteiger partial charge < -0.3 is 0 Å². The van der Waals surface area contributed by atoms with Gasteiger partial charge in [-0.25, -0.2) is 21.6 Å². The van der Waals surface area contributed by atoms with E-state index in [0.29, 0.717) is 0 Å². The van der Waals surface area contributed by atoms with Gasteiger partial charge in [0.05, 0.1) is 11.4 Å². The van der Waals surface area contributed by atoms with E-state index in [4.69, 9.17) is 11.6 Å². The SMILES string of the molecule is CNS(=O)(=O)c1ccccc1NS(=O)(=O)CCCl. The smallest absolute Gasteiger partial charge is 0.242 e. The number of rotatable bonds is 6. The summed E-state index contributed by atoms with van der Waals surface area (Å²) in [5.74, 6) is -0.362. The molecule has 0 radical (unpaired) electrons. The highest BCUT2D eigenvalue weighted by Gasteiger charge is 2.19. The van der Waals surface area contributed by atoms with Gasteiger partial charge in [-0.2, -0.15) is 0 Å². The monoisotopic (exact) mass is 312 g/mol. The summed E-state index contributed by atoms with van der Waals surface area (Å²) >= 11 is 5.36. The molecule has 0 aliphatic carbocycles. The molecule has 0 heterocycles. The summed E-state index contributed by atoms with van der Waals surface area (Å²) < 4.78 is 50.8. The van der Waals surface area contributed by atoms with Crippen LogP contribution in [0.2, 0.25) is 0 Å². The number of para-hydroxylation sites is 1. The molecule has 0 fully saturated rings. The van der Waals surface area contributed by atoms with Crippen molar-refractivity contribution < 1.29 is 16.8 Å². The van der Waals surface area contributed by atoms with Crippen molar-refractivity contribution in [2.24, 2.45) is 0 Å². The predicted octanol–water partition coefficient (Wildman–Crippen LogP) is 0.575. The first-order valence-electron chi connectivity index (χ1n) is 4.91. The van der Waals surface area contributed by atoms with Crippen molar-refractivity contribution in [3.8, 4) is 0 Å². The topological polar surface area (TPSA) is 92.3 Å². The zero-order valence-electron chi connectivity index (χ0n) is 9.55. The van der Waals surface area contributed by atoms with Gasteiger partial charge in [0.2, 0.25) is 20.0 Å². The van der Waals surface area contributed by atoms with Gasteiger partial charge in [0.15, 0.2) is 0 Å². The van der Waals surface area contributed by atoms with Gasteiger partial charge in [-0.3, -0.25) is 4.72 Å². The molecule has 9 heteroatoms. The standard InChI is InChI=1S/C9H13ClN2O4S2/c1-11-18(15,16)9-5-3-2-4-8(9)12-17(13,14)7-6-10/h2-5,11-12H,6-7H2,1H3. The Bertz CT molecular complexity index is 613. The van der Waals surface area contributed by atoms with Crippen LogP contribution in [0, 0.1) is 0 Å². The summed E-state index contributed by atoms with van der Waals surface area (Å²) in [4.78, 5) is -0.134. The fourth-order valence-electron chi connectivity index (χ4n) is 1.22. The lowest BCUT2D eigenvalue weighted by atomic mass is 10.3. The van der Waals surface area contributed by atoms with E-state index in [1.807, 2.05) is 0 Å². The third-order valence-electron chi connectivity index (χ3n) is 2.06. The minimum absolute atomic E-state index is 0.00281. The minimum atomic E-state index is -3.73. The number of hydrogen-bond donors (Lipinski definition) is 2. The zero-order chi connectivity index (χ0) is 13.8. The molecular formula is C9H13ClN2O4S2. The summed E-state index contributed by atoms with van der Waals surface area (Å²) in [6.07, 6.45) is 0. The average Bonchev–Trinajstić information content (AvgIpc) is 2.28. The number of hydrogen-bond acceptors (Lipinski definition) is 4. The van der Waals surface area contributed by atoms with Gasteiger partial charge in [0.1, 0.15) is 4.90 Å². The number of nitrogens with one attached hydrogen (secondary N) is 2. The van der Waals surface area contributed by atoms with Crippen molar-refractivity contribution in [2.75, 3.05) is 23.4 Å². The second-order valence-corrected chi connectivity index (χ2v) is 7.39. The van der Waals surface area contributed by atoms with E-state index >= 15 is 0 Å². The largest absolute Gasteiger partial charge is 0.282 e. The molecule has 0 aliphatic rings. The fraction of sp³-hybridized carbons (Fsp3) is 0.333. The van der Waals surface area contributed by atoms with E-state index in [2.05, 4.69) is 9.44 Å². The van der Waals surface area contributed by atoms with Gasteiger partial charge in [0.25, 0.3) is 0 Å². The van der Waals surface area contributed by atoms with E-state index in [0.717, 1.165) is 0 Å². The number of anilines is 1. The van der Waals surface area contributed by atoms with Crippen LogP contribution in [0.15, 0.2) is 29.2 Å². The summed E-state index contributed by atoms with van der Waals surface area (Å²) in [6, 6.07) is 5.72. The normalized spacial score (nSPS) is 12.3. The molecule has 2 N–H and O–H groups in total. The summed E-state index contributed by atoms with van der Waals surface area (Å²) in [5, 5.41) is 0. The van der Waals surface area contributed by atoms with Crippen molar-refractivity contribution in [1.82, 2.24) is 4.72 Å². The van der Waals surface area contributed by atoms with Crippen molar-refractivity contribution in [2.45, 2.75) is 4.90 Å². The first-order valence-corrected chi connectivity index (χ1v) is 8.58. The van der Waals surface area contributed by atoms with Crippen LogP contribution in [-0.2, 0) is 20.0 Å². The summed E-state index contributed by atoms with van der Waals surface area (Å²) in [6.45, 7) is 0. The molecule has 0 unspecified atom stereocenters. The molecule has 1 aromatic rings. The van der Waals surface area contributed by atoms with E-state index < -0.39 is 20.0 Å². The van der Waals surface area contributed by atoms with Crippen molar-refractivity contribution in [1.29, 1.82) is 0 Å². The van der Waals surface area contributed by atoms with Gasteiger partial charge in [-0.05, 0) is 19.2 Å². The predicted molar refractivity (Wildman–Crippen MR) is 70.8 cm³/mol. The Balaban J connectivity index is 3.20. The Kier molecular flexibility index (Phi) is 4.97. The minimum Gasteiger partial charge on any atom is -0.282 e. The number of alkyl halides is 1. The molecule has 0 bridgehead atoms. The molecule has 6 nitrogen and oxygen atoms in total. The molecule has 1 rings (SSSR count). The highest BCUT2D eigenvalue weighted by atomic mass is 35.5. The number of halogens is 1. The lowest BCUT2D eigenvalue weighted by molar-refractivity contribution is 0.588. The van der Waals surface area contributed by atoms with Crippen LogP contribution in [0.25, 0.3) is 0 Å². The second-order valence-electron chi connectivity index (χ2n) is 3.31. The molecule has 0 spiro atoms. The van der Waals surface area contributed by atoms with Crippen LogP contribution in [0.1, 0.15) is 0 Å². The Morgan fingerprint density at radius 1 is 1.17 bits per heavy atom.